The molecule has 0 saturated carbocycles. The molecule has 0 aliphatic heterocycles. The maximum atomic E-state index is 5.74. The molecule has 0 fully saturated rings. The van der Waals surface area contributed by atoms with Crippen molar-refractivity contribution in [2.24, 2.45) is 5.73 Å². The van der Waals surface area contributed by atoms with Gasteiger partial charge in [-0.05, 0) is 19.9 Å². The summed E-state index contributed by atoms with van der Waals surface area (Å²) in [6.07, 6.45) is 2.87. The Morgan fingerprint density at radius 2 is 1.55 bits per heavy atom. The summed E-state index contributed by atoms with van der Waals surface area (Å²) in [5.41, 5.74) is 10.2. The van der Waals surface area contributed by atoms with Gasteiger partial charge in [-0.15, -0.1) is 0 Å². The van der Waals surface area contributed by atoms with E-state index in [0.29, 0.717) is 12.6 Å². The van der Waals surface area contributed by atoms with Gasteiger partial charge in [0.15, 0.2) is 0 Å². The molecule has 3 nitrogen and oxygen atoms in total. The Kier molecular flexibility index (Phi) is 4.35. The molecule has 3 aromatic rings. The fourth-order valence-corrected chi connectivity index (χ4v) is 2.76. The zero-order chi connectivity index (χ0) is 15.4. The van der Waals surface area contributed by atoms with E-state index >= 15 is 0 Å². The first-order valence-electron chi connectivity index (χ1n) is 7.69. The van der Waals surface area contributed by atoms with Crippen LogP contribution in [0.15, 0.2) is 67.0 Å². The third kappa shape index (κ3) is 2.81. The zero-order valence-corrected chi connectivity index (χ0v) is 12.8. The van der Waals surface area contributed by atoms with E-state index in [4.69, 9.17) is 5.73 Å². The van der Waals surface area contributed by atoms with E-state index in [9.17, 15) is 0 Å². The molecule has 1 heterocycles. The van der Waals surface area contributed by atoms with Crippen LogP contribution in [0, 0.1) is 0 Å². The van der Waals surface area contributed by atoms with E-state index in [2.05, 4.69) is 52.9 Å². The van der Waals surface area contributed by atoms with Crippen LogP contribution in [0.25, 0.3) is 22.5 Å². The SMILES string of the molecule is CC(CCN)n1cnc(-c2ccccc2)c1-c1ccccc1. The Morgan fingerprint density at radius 1 is 0.955 bits per heavy atom. The molecular formula is C19H21N3. The Bertz CT molecular complexity index is 717. The van der Waals surface area contributed by atoms with E-state index in [1.807, 2.05) is 30.6 Å². The van der Waals surface area contributed by atoms with Gasteiger partial charge in [-0.3, -0.25) is 0 Å². The highest BCUT2D eigenvalue weighted by Gasteiger charge is 2.17. The molecule has 1 atom stereocenters. The minimum atomic E-state index is 0.324. The standard InChI is InChI=1S/C19H21N3/c1-15(12-13-20)22-14-21-18(16-8-4-2-5-9-16)19(22)17-10-6-3-7-11-17/h2-11,14-15H,12-13,20H2,1H3. The number of hydrogen-bond donors (Lipinski definition) is 1. The molecule has 1 unspecified atom stereocenters. The number of rotatable bonds is 5. The normalized spacial score (nSPS) is 12.3. The van der Waals surface area contributed by atoms with Crippen molar-refractivity contribution in [3.63, 3.8) is 0 Å². The van der Waals surface area contributed by atoms with Crippen molar-refractivity contribution in [1.82, 2.24) is 9.55 Å². The number of aromatic nitrogens is 2. The molecule has 0 bridgehead atoms. The molecule has 3 rings (SSSR count). The molecule has 2 aromatic carbocycles. The molecule has 1 aromatic heterocycles. The average Bonchev–Trinajstić information content (AvgIpc) is 3.02. The van der Waals surface area contributed by atoms with E-state index in [1.54, 1.807) is 0 Å². The Morgan fingerprint density at radius 3 is 2.14 bits per heavy atom. The van der Waals surface area contributed by atoms with Gasteiger partial charge in [0.25, 0.3) is 0 Å². The van der Waals surface area contributed by atoms with Crippen LogP contribution < -0.4 is 5.73 Å². The highest BCUT2D eigenvalue weighted by atomic mass is 15.1. The van der Waals surface area contributed by atoms with E-state index in [-0.39, 0.29) is 0 Å². The Labute approximate surface area is 131 Å². The molecule has 0 amide bonds. The Balaban J connectivity index is 2.16. The third-order valence-corrected chi connectivity index (χ3v) is 3.95. The van der Waals surface area contributed by atoms with Crippen molar-refractivity contribution in [3.05, 3.63) is 67.0 Å². The third-order valence-electron chi connectivity index (χ3n) is 3.95. The van der Waals surface area contributed by atoms with Crippen LogP contribution in [0.2, 0.25) is 0 Å². The van der Waals surface area contributed by atoms with Crippen LogP contribution in [-0.2, 0) is 0 Å². The first-order chi connectivity index (χ1) is 10.8. The lowest BCUT2D eigenvalue weighted by atomic mass is 10.0. The van der Waals surface area contributed by atoms with Gasteiger partial charge in [0.2, 0.25) is 0 Å². The van der Waals surface area contributed by atoms with Crippen molar-refractivity contribution < 1.29 is 0 Å². The average molecular weight is 291 g/mol. The molecule has 3 heteroatoms. The van der Waals surface area contributed by atoms with E-state index in [1.165, 1.54) is 5.56 Å². The quantitative estimate of drug-likeness (QED) is 0.768. The molecular weight excluding hydrogens is 270 g/mol. The van der Waals surface area contributed by atoms with Crippen molar-refractivity contribution in [1.29, 1.82) is 0 Å². The van der Waals surface area contributed by atoms with Crippen LogP contribution in [0.3, 0.4) is 0 Å². The smallest absolute Gasteiger partial charge is 0.0963 e. The van der Waals surface area contributed by atoms with Crippen LogP contribution in [-0.4, -0.2) is 16.1 Å². The minimum Gasteiger partial charge on any atom is -0.330 e. The van der Waals surface area contributed by atoms with Gasteiger partial charge in [-0.25, -0.2) is 4.98 Å². The summed E-state index contributed by atoms with van der Waals surface area (Å²) in [7, 11) is 0. The van der Waals surface area contributed by atoms with E-state index in [0.717, 1.165) is 23.4 Å². The summed E-state index contributed by atoms with van der Waals surface area (Å²) in [6.45, 7) is 2.87. The highest BCUT2D eigenvalue weighted by Crippen LogP contribution is 2.33. The van der Waals surface area contributed by atoms with Crippen molar-refractivity contribution in [3.8, 4) is 22.5 Å². The van der Waals surface area contributed by atoms with Gasteiger partial charge in [0.05, 0.1) is 17.7 Å². The van der Waals surface area contributed by atoms with Gasteiger partial charge in [-0.2, -0.15) is 0 Å². The molecule has 112 valence electrons. The van der Waals surface area contributed by atoms with Crippen LogP contribution in [0.4, 0.5) is 0 Å². The second-order valence-corrected chi connectivity index (χ2v) is 5.51. The summed E-state index contributed by atoms with van der Waals surface area (Å²) in [5.74, 6) is 0. The lowest BCUT2D eigenvalue weighted by molar-refractivity contribution is 0.518. The maximum Gasteiger partial charge on any atom is 0.0963 e. The number of nitrogens with two attached hydrogens (primary N) is 1. The molecule has 0 saturated heterocycles. The van der Waals surface area contributed by atoms with Crippen LogP contribution in [0.5, 0.6) is 0 Å². The number of hydrogen-bond acceptors (Lipinski definition) is 2. The van der Waals surface area contributed by atoms with Gasteiger partial charge in [0, 0.05) is 17.2 Å². The largest absolute Gasteiger partial charge is 0.330 e. The second-order valence-electron chi connectivity index (χ2n) is 5.51. The Hall–Kier alpha value is -2.39. The first kappa shape index (κ1) is 14.5. The van der Waals surface area contributed by atoms with Crippen molar-refractivity contribution >= 4 is 0 Å². The molecule has 0 spiro atoms. The fourth-order valence-electron chi connectivity index (χ4n) is 2.76. The van der Waals surface area contributed by atoms with Crippen molar-refractivity contribution in [2.75, 3.05) is 6.54 Å². The summed E-state index contributed by atoms with van der Waals surface area (Å²) in [6, 6.07) is 21.1. The van der Waals surface area contributed by atoms with Crippen molar-refractivity contribution in [2.45, 2.75) is 19.4 Å². The number of benzene rings is 2. The van der Waals surface area contributed by atoms with Gasteiger partial charge >= 0.3 is 0 Å². The molecule has 0 aliphatic rings. The fraction of sp³-hybridized carbons (Fsp3) is 0.211. The van der Waals surface area contributed by atoms with E-state index < -0.39 is 0 Å². The first-order valence-corrected chi connectivity index (χ1v) is 7.69. The van der Waals surface area contributed by atoms with Gasteiger partial charge in [-0.1, -0.05) is 60.7 Å². The molecule has 0 radical (unpaired) electrons. The van der Waals surface area contributed by atoms with Crippen LogP contribution in [0.1, 0.15) is 19.4 Å². The molecule has 0 aliphatic carbocycles. The summed E-state index contributed by atoms with van der Waals surface area (Å²) < 4.78 is 2.24. The highest BCUT2D eigenvalue weighted by molar-refractivity contribution is 5.78. The monoisotopic (exact) mass is 291 g/mol. The maximum absolute atomic E-state index is 5.74. The second kappa shape index (κ2) is 6.58. The minimum absolute atomic E-state index is 0.324. The topological polar surface area (TPSA) is 43.8 Å². The summed E-state index contributed by atoms with van der Waals surface area (Å²) in [5, 5.41) is 0. The zero-order valence-electron chi connectivity index (χ0n) is 12.8. The predicted octanol–water partition coefficient (Wildman–Crippen LogP) is 4.13. The molecule has 2 N–H and O–H groups in total. The molecule has 22 heavy (non-hydrogen) atoms. The summed E-state index contributed by atoms with van der Waals surface area (Å²) in [4.78, 5) is 4.69. The summed E-state index contributed by atoms with van der Waals surface area (Å²) >= 11 is 0. The number of nitrogens with zero attached hydrogens (tertiary/aromatic N) is 2. The van der Waals surface area contributed by atoms with Gasteiger partial charge < -0.3 is 10.3 Å². The lowest BCUT2D eigenvalue weighted by Gasteiger charge is -2.17. The number of imidazole rings is 1. The van der Waals surface area contributed by atoms with Gasteiger partial charge in [0.1, 0.15) is 0 Å². The lowest BCUT2D eigenvalue weighted by Crippen LogP contribution is -2.11. The van der Waals surface area contributed by atoms with Crippen LogP contribution >= 0.6 is 0 Å². The predicted molar refractivity (Wildman–Crippen MR) is 91.5 cm³/mol.